The van der Waals surface area contributed by atoms with Crippen LogP contribution in [0.15, 0.2) is 18.2 Å². The second kappa shape index (κ2) is 8.39. The third kappa shape index (κ3) is 4.36. The fourth-order valence-corrected chi connectivity index (χ4v) is 3.34. The third-order valence-electron chi connectivity index (χ3n) is 3.84. The van der Waals surface area contributed by atoms with Crippen LogP contribution in [0.2, 0.25) is 0 Å². The van der Waals surface area contributed by atoms with Gasteiger partial charge in [-0.3, -0.25) is 4.79 Å². The second-order valence-electron chi connectivity index (χ2n) is 5.50. The molecule has 1 atom stereocenters. The lowest BCUT2D eigenvalue weighted by atomic mass is 10.1. The zero-order valence-electron chi connectivity index (χ0n) is 12.8. The molecule has 1 saturated heterocycles. The van der Waals surface area contributed by atoms with Gasteiger partial charge >= 0.3 is 0 Å². The number of hydrogen-bond acceptors (Lipinski definition) is 4. The van der Waals surface area contributed by atoms with Gasteiger partial charge in [0.05, 0.1) is 5.69 Å². The van der Waals surface area contributed by atoms with Gasteiger partial charge in [0.2, 0.25) is 0 Å². The predicted molar refractivity (Wildman–Crippen MR) is 89.2 cm³/mol. The van der Waals surface area contributed by atoms with Crippen LogP contribution in [0.1, 0.15) is 29.6 Å². The molecular weight excluding hydrogens is 303 g/mol. The quantitative estimate of drug-likeness (QED) is 0.807. The Morgan fingerprint density at radius 3 is 2.77 bits per heavy atom. The standard InChI is InChI=1S/C16H23FN2O2S/c1-22-11-13(6-9-20)18-16(21)12-4-5-15(14(17)10-12)19-7-2-3-8-19/h4-5,10,13,20H,2-3,6-9,11H2,1H3,(H,18,21). The number of aliphatic hydroxyl groups excluding tert-OH is 1. The minimum absolute atomic E-state index is 0.0216. The van der Waals surface area contributed by atoms with Gasteiger partial charge in [-0.15, -0.1) is 0 Å². The molecule has 1 aliphatic heterocycles. The van der Waals surface area contributed by atoms with E-state index in [2.05, 4.69) is 5.32 Å². The first kappa shape index (κ1) is 17.1. The van der Waals surface area contributed by atoms with E-state index in [1.54, 1.807) is 23.9 Å². The summed E-state index contributed by atoms with van der Waals surface area (Å²) >= 11 is 1.60. The molecular formula is C16H23FN2O2S. The van der Waals surface area contributed by atoms with E-state index in [1.807, 2.05) is 11.2 Å². The molecule has 0 bridgehead atoms. The maximum absolute atomic E-state index is 14.2. The maximum Gasteiger partial charge on any atom is 0.251 e. The van der Waals surface area contributed by atoms with Crippen molar-refractivity contribution in [3.63, 3.8) is 0 Å². The molecule has 0 aromatic heterocycles. The van der Waals surface area contributed by atoms with Crippen molar-refractivity contribution in [2.24, 2.45) is 0 Å². The molecule has 22 heavy (non-hydrogen) atoms. The van der Waals surface area contributed by atoms with Crippen molar-refractivity contribution in [1.29, 1.82) is 0 Å². The minimum atomic E-state index is -0.349. The van der Waals surface area contributed by atoms with E-state index in [0.717, 1.165) is 31.7 Å². The van der Waals surface area contributed by atoms with Crippen molar-refractivity contribution in [3.8, 4) is 0 Å². The largest absolute Gasteiger partial charge is 0.396 e. The molecule has 2 rings (SSSR count). The molecule has 0 aliphatic carbocycles. The lowest BCUT2D eigenvalue weighted by molar-refractivity contribution is 0.0935. The van der Waals surface area contributed by atoms with E-state index in [1.165, 1.54) is 6.07 Å². The lowest BCUT2D eigenvalue weighted by Gasteiger charge is -2.20. The first-order chi connectivity index (χ1) is 10.7. The number of anilines is 1. The van der Waals surface area contributed by atoms with Crippen LogP contribution in [0.4, 0.5) is 10.1 Å². The zero-order valence-corrected chi connectivity index (χ0v) is 13.7. The number of halogens is 1. The Labute approximate surface area is 135 Å². The fraction of sp³-hybridized carbons (Fsp3) is 0.562. The summed E-state index contributed by atoms with van der Waals surface area (Å²) in [7, 11) is 0. The average Bonchev–Trinajstić information content (AvgIpc) is 3.01. The predicted octanol–water partition coefficient (Wildman–Crippen LogP) is 2.27. The summed E-state index contributed by atoms with van der Waals surface area (Å²) in [6.07, 6.45) is 4.61. The Hall–Kier alpha value is -1.27. The van der Waals surface area contributed by atoms with Gasteiger partial charge in [0.15, 0.2) is 0 Å². The number of carbonyl (C=O) groups is 1. The van der Waals surface area contributed by atoms with Gasteiger partial charge in [0, 0.05) is 37.1 Å². The molecule has 122 valence electrons. The minimum Gasteiger partial charge on any atom is -0.396 e. The van der Waals surface area contributed by atoms with E-state index in [9.17, 15) is 9.18 Å². The third-order valence-corrected chi connectivity index (χ3v) is 4.57. The highest BCUT2D eigenvalue weighted by Gasteiger charge is 2.18. The summed E-state index contributed by atoms with van der Waals surface area (Å²) in [5, 5.41) is 11.9. The first-order valence-electron chi connectivity index (χ1n) is 7.61. The first-order valence-corrected chi connectivity index (χ1v) is 9.00. The van der Waals surface area contributed by atoms with Crippen LogP contribution in [-0.2, 0) is 0 Å². The Morgan fingerprint density at radius 1 is 1.45 bits per heavy atom. The second-order valence-corrected chi connectivity index (χ2v) is 6.41. The van der Waals surface area contributed by atoms with Crippen LogP contribution in [0.5, 0.6) is 0 Å². The summed E-state index contributed by atoms with van der Waals surface area (Å²) in [6.45, 7) is 1.76. The van der Waals surface area contributed by atoms with Crippen molar-refractivity contribution >= 4 is 23.4 Å². The van der Waals surface area contributed by atoms with E-state index < -0.39 is 0 Å². The van der Waals surface area contributed by atoms with Gasteiger partial charge in [-0.1, -0.05) is 0 Å². The number of carbonyl (C=O) groups excluding carboxylic acids is 1. The Kier molecular flexibility index (Phi) is 6.51. The van der Waals surface area contributed by atoms with Crippen LogP contribution in [0.25, 0.3) is 0 Å². The highest BCUT2D eigenvalue weighted by atomic mass is 32.2. The molecule has 1 heterocycles. The van der Waals surface area contributed by atoms with Gasteiger partial charge < -0.3 is 15.3 Å². The highest BCUT2D eigenvalue weighted by molar-refractivity contribution is 7.98. The van der Waals surface area contributed by atoms with Crippen molar-refractivity contribution in [2.45, 2.75) is 25.3 Å². The highest BCUT2D eigenvalue weighted by Crippen LogP contribution is 2.24. The van der Waals surface area contributed by atoms with Crippen LogP contribution >= 0.6 is 11.8 Å². The van der Waals surface area contributed by atoms with E-state index in [-0.39, 0.29) is 24.4 Å². The molecule has 0 saturated carbocycles. The molecule has 1 aromatic rings. The molecule has 1 amide bonds. The number of nitrogens with zero attached hydrogens (tertiary/aromatic N) is 1. The number of benzene rings is 1. The van der Waals surface area contributed by atoms with Crippen LogP contribution in [-0.4, -0.2) is 48.8 Å². The van der Waals surface area contributed by atoms with Crippen LogP contribution < -0.4 is 10.2 Å². The van der Waals surface area contributed by atoms with Crippen LogP contribution in [0, 0.1) is 5.82 Å². The molecule has 1 aliphatic rings. The smallest absolute Gasteiger partial charge is 0.251 e. The van der Waals surface area contributed by atoms with Crippen molar-refractivity contribution in [1.82, 2.24) is 5.32 Å². The maximum atomic E-state index is 14.2. The summed E-state index contributed by atoms with van der Waals surface area (Å²) in [4.78, 5) is 14.2. The summed E-state index contributed by atoms with van der Waals surface area (Å²) in [5.74, 6) is 0.0817. The van der Waals surface area contributed by atoms with E-state index >= 15 is 0 Å². The Morgan fingerprint density at radius 2 is 2.18 bits per heavy atom. The van der Waals surface area contributed by atoms with Gasteiger partial charge in [0.1, 0.15) is 5.82 Å². The molecule has 6 heteroatoms. The summed E-state index contributed by atoms with van der Waals surface area (Å²) in [5.41, 5.74) is 0.898. The Balaban J connectivity index is 2.04. The molecule has 1 aromatic carbocycles. The number of rotatable bonds is 7. The molecule has 2 N–H and O–H groups in total. The zero-order chi connectivity index (χ0) is 15.9. The average molecular weight is 326 g/mol. The lowest BCUT2D eigenvalue weighted by Crippen LogP contribution is -2.37. The van der Waals surface area contributed by atoms with Gasteiger partial charge in [-0.05, 0) is 43.7 Å². The van der Waals surface area contributed by atoms with Gasteiger partial charge in [0.25, 0.3) is 5.91 Å². The van der Waals surface area contributed by atoms with Crippen molar-refractivity contribution in [3.05, 3.63) is 29.6 Å². The number of thioether (sulfide) groups is 1. The van der Waals surface area contributed by atoms with Gasteiger partial charge in [-0.2, -0.15) is 11.8 Å². The van der Waals surface area contributed by atoms with Crippen LogP contribution in [0.3, 0.4) is 0 Å². The summed E-state index contributed by atoms with van der Waals surface area (Å²) < 4.78 is 14.2. The molecule has 0 radical (unpaired) electrons. The number of aliphatic hydroxyl groups is 1. The van der Waals surface area contributed by atoms with Crippen molar-refractivity contribution in [2.75, 3.05) is 36.6 Å². The van der Waals surface area contributed by atoms with E-state index in [4.69, 9.17) is 5.11 Å². The summed E-state index contributed by atoms with van der Waals surface area (Å²) in [6, 6.07) is 4.55. The van der Waals surface area contributed by atoms with Crippen molar-refractivity contribution < 1.29 is 14.3 Å². The Bertz CT molecular complexity index is 501. The number of nitrogens with one attached hydrogen (secondary N) is 1. The SMILES string of the molecule is CSCC(CCO)NC(=O)c1ccc(N2CCCC2)c(F)c1. The molecule has 0 spiro atoms. The topological polar surface area (TPSA) is 52.6 Å². The van der Waals surface area contributed by atoms with E-state index in [0.29, 0.717) is 17.7 Å². The number of hydrogen-bond donors (Lipinski definition) is 2. The normalized spacial score (nSPS) is 15.9. The molecule has 1 unspecified atom stereocenters. The van der Waals surface area contributed by atoms with Gasteiger partial charge in [-0.25, -0.2) is 4.39 Å². The number of amides is 1. The molecule has 4 nitrogen and oxygen atoms in total. The monoisotopic (exact) mass is 326 g/mol. The molecule has 1 fully saturated rings. The fourth-order valence-electron chi connectivity index (χ4n) is 2.69.